The lowest BCUT2D eigenvalue weighted by Crippen LogP contribution is -2.56. The standard InChI is InChI=1S/C25H33FN4O4/c1-4-29-20(15-28-12-13-30(16(3)14-28)23(31)17-10-11-17)21(24(32)34-5-2)22(27-25(29)33)18-8-6-7-9-19(18)26/h6-9,16-17,22H,4-5,10-15H2,1-3H3,(H,27,33). The van der Waals surface area contributed by atoms with Crippen LogP contribution in [-0.2, 0) is 14.3 Å². The number of likely N-dealkylation sites (N-methyl/N-ethyl adjacent to an activating group) is 1. The average molecular weight is 473 g/mol. The number of carbonyl (C=O) groups is 3. The normalized spacial score (nSPS) is 23.7. The van der Waals surface area contributed by atoms with Crippen molar-refractivity contribution in [2.24, 2.45) is 5.92 Å². The second kappa shape index (κ2) is 10.1. The van der Waals surface area contributed by atoms with Crippen LogP contribution in [0.15, 0.2) is 35.5 Å². The number of ether oxygens (including phenoxy) is 1. The summed E-state index contributed by atoms with van der Waals surface area (Å²) in [5, 5.41) is 2.80. The first kappa shape index (κ1) is 24.2. The summed E-state index contributed by atoms with van der Waals surface area (Å²) in [6.07, 6.45) is 1.94. The van der Waals surface area contributed by atoms with Crippen molar-refractivity contribution in [3.8, 4) is 0 Å². The van der Waals surface area contributed by atoms with Crippen LogP contribution in [0, 0.1) is 11.7 Å². The van der Waals surface area contributed by atoms with E-state index >= 15 is 0 Å². The molecular formula is C25H33FN4O4. The Morgan fingerprint density at radius 2 is 1.91 bits per heavy atom. The van der Waals surface area contributed by atoms with Crippen LogP contribution in [0.1, 0.15) is 45.2 Å². The van der Waals surface area contributed by atoms with E-state index in [0.717, 1.165) is 12.8 Å². The van der Waals surface area contributed by atoms with Crippen LogP contribution in [0.25, 0.3) is 0 Å². The fraction of sp³-hybridized carbons (Fsp3) is 0.560. The number of piperazine rings is 1. The van der Waals surface area contributed by atoms with Gasteiger partial charge in [-0.25, -0.2) is 14.0 Å². The van der Waals surface area contributed by atoms with Gasteiger partial charge in [-0.2, -0.15) is 0 Å². The van der Waals surface area contributed by atoms with Gasteiger partial charge in [0, 0.05) is 55.9 Å². The highest BCUT2D eigenvalue weighted by Crippen LogP contribution is 2.34. The maximum Gasteiger partial charge on any atom is 0.338 e. The molecule has 3 amide bonds. The van der Waals surface area contributed by atoms with E-state index in [1.165, 1.54) is 11.0 Å². The van der Waals surface area contributed by atoms with Crippen molar-refractivity contribution in [3.05, 3.63) is 46.9 Å². The molecule has 1 aromatic carbocycles. The smallest absolute Gasteiger partial charge is 0.338 e. The average Bonchev–Trinajstić information content (AvgIpc) is 3.65. The third-order valence-electron chi connectivity index (χ3n) is 6.76. The van der Waals surface area contributed by atoms with E-state index in [4.69, 9.17) is 4.74 Å². The molecule has 2 heterocycles. The fourth-order valence-electron chi connectivity index (χ4n) is 4.88. The van der Waals surface area contributed by atoms with E-state index in [1.807, 2.05) is 18.7 Å². The van der Waals surface area contributed by atoms with Gasteiger partial charge in [0.1, 0.15) is 5.82 Å². The number of amides is 3. The molecule has 9 heteroatoms. The first-order chi connectivity index (χ1) is 16.3. The lowest BCUT2D eigenvalue weighted by Gasteiger charge is -2.43. The molecule has 0 aromatic heterocycles. The number of benzene rings is 1. The van der Waals surface area contributed by atoms with E-state index in [1.54, 1.807) is 25.1 Å². The molecule has 1 saturated heterocycles. The van der Waals surface area contributed by atoms with E-state index < -0.39 is 17.8 Å². The number of rotatable bonds is 7. The van der Waals surface area contributed by atoms with Crippen LogP contribution in [0.4, 0.5) is 9.18 Å². The van der Waals surface area contributed by atoms with Gasteiger partial charge in [-0.15, -0.1) is 0 Å². The molecule has 2 atom stereocenters. The Labute approximate surface area is 199 Å². The van der Waals surface area contributed by atoms with Crippen molar-refractivity contribution in [1.82, 2.24) is 20.0 Å². The minimum Gasteiger partial charge on any atom is -0.463 e. The van der Waals surface area contributed by atoms with Crippen LogP contribution in [0.2, 0.25) is 0 Å². The predicted octanol–water partition coefficient (Wildman–Crippen LogP) is 2.67. The topological polar surface area (TPSA) is 82.2 Å². The monoisotopic (exact) mass is 472 g/mol. The number of nitrogens with zero attached hydrogens (tertiary/aromatic N) is 3. The van der Waals surface area contributed by atoms with Crippen LogP contribution >= 0.6 is 0 Å². The second-order valence-electron chi connectivity index (χ2n) is 9.12. The Morgan fingerprint density at radius 3 is 2.53 bits per heavy atom. The zero-order valence-electron chi connectivity index (χ0n) is 20.1. The lowest BCUT2D eigenvalue weighted by atomic mass is 9.93. The highest BCUT2D eigenvalue weighted by molar-refractivity contribution is 5.95. The number of carbonyl (C=O) groups excluding carboxylic acids is 3. The Hall–Kier alpha value is -2.94. The molecule has 0 bridgehead atoms. The Balaban J connectivity index is 1.67. The molecule has 8 nitrogen and oxygen atoms in total. The third-order valence-corrected chi connectivity index (χ3v) is 6.76. The summed E-state index contributed by atoms with van der Waals surface area (Å²) in [4.78, 5) is 44.4. The zero-order valence-corrected chi connectivity index (χ0v) is 20.1. The molecule has 1 aromatic rings. The molecule has 2 unspecified atom stereocenters. The van der Waals surface area contributed by atoms with Gasteiger partial charge >= 0.3 is 12.0 Å². The lowest BCUT2D eigenvalue weighted by molar-refractivity contribution is -0.139. The summed E-state index contributed by atoms with van der Waals surface area (Å²) in [7, 11) is 0. The van der Waals surface area contributed by atoms with Crippen molar-refractivity contribution in [3.63, 3.8) is 0 Å². The molecule has 2 fully saturated rings. The maximum atomic E-state index is 14.7. The van der Waals surface area contributed by atoms with Crippen LogP contribution in [-0.4, -0.2) is 78.0 Å². The number of halogens is 1. The molecule has 1 N–H and O–H groups in total. The van der Waals surface area contributed by atoms with Gasteiger partial charge < -0.3 is 15.0 Å². The maximum absolute atomic E-state index is 14.7. The van der Waals surface area contributed by atoms with Crippen LogP contribution in [0.3, 0.4) is 0 Å². The molecule has 4 rings (SSSR count). The molecule has 2 aliphatic heterocycles. The van der Waals surface area contributed by atoms with E-state index in [9.17, 15) is 18.8 Å². The Morgan fingerprint density at radius 1 is 1.18 bits per heavy atom. The van der Waals surface area contributed by atoms with Crippen molar-refractivity contribution < 1.29 is 23.5 Å². The number of hydrogen-bond acceptors (Lipinski definition) is 5. The SMILES string of the molecule is CCOC(=O)C1=C(CN2CCN(C(=O)C3CC3)C(C)C2)N(CC)C(=O)NC1c1ccccc1F. The van der Waals surface area contributed by atoms with E-state index in [-0.39, 0.29) is 41.6 Å². The van der Waals surface area contributed by atoms with Crippen molar-refractivity contribution in [1.29, 1.82) is 0 Å². The van der Waals surface area contributed by atoms with Gasteiger partial charge in [0.05, 0.1) is 18.2 Å². The summed E-state index contributed by atoms with van der Waals surface area (Å²) < 4.78 is 20.1. The summed E-state index contributed by atoms with van der Waals surface area (Å²) in [6, 6.07) is 4.84. The minimum absolute atomic E-state index is 0.0309. The highest BCUT2D eigenvalue weighted by Gasteiger charge is 2.41. The Bertz CT molecular complexity index is 993. The number of urea groups is 1. The van der Waals surface area contributed by atoms with Gasteiger partial charge in [0.2, 0.25) is 5.91 Å². The first-order valence-electron chi connectivity index (χ1n) is 12.1. The van der Waals surface area contributed by atoms with Crippen LogP contribution in [0.5, 0.6) is 0 Å². The van der Waals surface area contributed by atoms with E-state index in [2.05, 4.69) is 10.2 Å². The molecule has 0 spiro atoms. The molecule has 1 saturated carbocycles. The van der Waals surface area contributed by atoms with Gasteiger partial charge in [0.25, 0.3) is 0 Å². The quantitative estimate of drug-likeness (QED) is 0.617. The number of hydrogen-bond donors (Lipinski definition) is 1. The highest BCUT2D eigenvalue weighted by atomic mass is 19.1. The largest absolute Gasteiger partial charge is 0.463 e. The summed E-state index contributed by atoms with van der Waals surface area (Å²) >= 11 is 0. The zero-order chi connectivity index (χ0) is 24.4. The molecule has 184 valence electrons. The number of esters is 1. The van der Waals surface area contributed by atoms with Crippen molar-refractivity contribution in [2.75, 3.05) is 39.3 Å². The van der Waals surface area contributed by atoms with Crippen molar-refractivity contribution in [2.45, 2.75) is 45.7 Å². The first-order valence-corrected chi connectivity index (χ1v) is 12.1. The van der Waals surface area contributed by atoms with Crippen LogP contribution < -0.4 is 5.32 Å². The van der Waals surface area contributed by atoms with Crippen molar-refractivity contribution >= 4 is 17.9 Å². The van der Waals surface area contributed by atoms with Gasteiger partial charge in [-0.05, 0) is 39.7 Å². The number of nitrogens with one attached hydrogen (secondary N) is 1. The summed E-state index contributed by atoms with van der Waals surface area (Å²) in [5.41, 5.74) is 0.991. The third kappa shape index (κ3) is 4.80. The van der Waals surface area contributed by atoms with Gasteiger partial charge in [0.15, 0.2) is 0 Å². The van der Waals surface area contributed by atoms with Gasteiger partial charge in [-0.1, -0.05) is 18.2 Å². The Kier molecular flexibility index (Phi) is 7.21. The fourth-order valence-corrected chi connectivity index (χ4v) is 4.88. The predicted molar refractivity (Wildman–Crippen MR) is 124 cm³/mol. The molecule has 34 heavy (non-hydrogen) atoms. The minimum atomic E-state index is -0.944. The molecule has 1 aliphatic carbocycles. The second-order valence-corrected chi connectivity index (χ2v) is 9.12. The molecule has 3 aliphatic rings. The summed E-state index contributed by atoms with van der Waals surface area (Å²) in [6.45, 7) is 8.29. The van der Waals surface area contributed by atoms with E-state index in [0.29, 0.717) is 38.4 Å². The van der Waals surface area contributed by atoms with Gasteiger partial charge in [-0.3, -0.25) is 14.6 Å². The molecule has 0 radical (unpaired) electrons. The summed E-state index contributed by atoms with van der Waals surface area (Å²) in [5.74, 6) is -0.670. The molecular weight excluding hydrogens is 439 g/mol.